The van der Waals surface area contributed by atoms with Crippen molar-refractivity contribution in [3.8, 4) is 17.2 Å². The van der Waals surface area contributed by atoms with Crippen molar-refractivity contribution in [1.82, 2.24) is 9.88 Å². The summed E-state index contributed by atoms with van der Waals surface area (Å²) in [5, 5.41) is 0. The quantitative estimate of drug-likeness (QED) is 0.514. The average Bonchev–Trinajstić information content (AvgIpc) is 3.19. The number of carbonyl (C=O) groups excluding carboxylic acids is 1. The summed E-state index contributed by atoms with van der Waals surface area (Å²) in [5.74, 6) is 2.00. The SMILES string of the molecule is COC(=O)C1CCCCN1Cc1ccc(OCc2nc(-c3ccccc3)oc2C)cc1. The lowest BCUT2D eigenvalue weighted by Crippen LogP contribution is -2.44. The fourth-order valence-corrected chi connectivity index (χ4v) is 3.93. The highest BCUT2D eigenvalue weighted by molar-refractivity contribution is 5.75. The van der Waals surface area contributed by atoms with E-state index in [1.54, 1.807) is 0 Å². The Kier molecular flexibility index (Phi) is 6.67. The molecule has 0 aliphatic carbocycles. The predicted octanol–water partition coefficient (Wildman–Crippen LogP) is 4.76. The van der Waals surface area contributed by atoms with E-state index in [2.05, 4.69) is 9.88 Å². The second-order valence-corrected chi connectivity index (χ2v) is 7.83. The van der Waals surface area contributed by atoms with Crippen LogP contribution in [-0.2, 0) is 22.7 Å². The van der Waals surface area contributed by atoms with Gasteiger partial charge in [0.15, 0.2) is 0 Å². The highest BCUT2D eigenvalue weighted by atomic mass is 16.5. The van der Waals surface area contributed by atoms with E-state index in [0.29, 0.717) is 12.5 Å². The van der Waals surface area contributed by atoms with Gasteiger partial charge < -0.3 is 13.9 Å². The molecule has 31 heavy (non-hydrogen) atoms. The fraction of sp³-hybridized carbons (Fsp3) is 0.360. The first-order valence-corrected chi connectivity index (χ1v) is 10.7. The number of ether oxygens (including phenoxy) is 2. The molecule has 1 aliphatic rings. The number of rotatable bonds is 7. The molecule has 6 nitrogen and oxygen atoms in total. The maximum atomic E-state index is 12.1. The number of piperidine rings is 1. The van der Waals surface area contributed by atoms with Crippen LogP contribution in [-0.4, -0.2) is 35.5 Å². The second-order valence-electron chi connectivity index (χ2n) is 7.83. The molecule has 0 saturated carbocycles. The maximum Gasteiger partial charge on any atom is 0.323 e. The summed E-state index contributed by atoms with van der Waals surface area (Å²) < 4.78 is 16.7. The normalized spacial score (nSPS) is 16.8. The molecule has 0 radical (unpaired) electrons. The molecule has 0 bridgehead atoms. The summed E-state index contributed by atoms with van der Waals surface area (Å²) in [4.78, 5) is 18.8. The number of aryl methyl sites for hydroxylation is 1. The van der Waals surface area contributed by atoms with Crippen molar-refractivity contribution in [2.24, 2.45) is 0 Å². The third-order valence-corrected chi connectivity index (χ3v) is 5.68. The van der Waals surface area contributed by atoms with Gasteiger partial charge in [0.25, 0.3) is 0 Å². The molecule has 6 heteroatoms. The molecule has 1 atom stereocenters. The minimum Gasteiger partial charge on any atom is -0.487 e. The molecule has 1 aromatic heterocycles. The van der Waals surface area contributed by atoms with Crippen molar-refractivity contribution in [1.29, 1.82) is 0 Å². The van der Waals surface area contributed by atoms with Crippen molar-refractivity contribution in [2.45, 2.75) is 45.4 Å². The van der Waals surface area contributed by atoms with Crippen molar-refractivity contribution in [2.75, 3.05) is 13.7 Å². The lowest BCUT2D eigenvalue weighted by atomic mass is 10.0. The van der Waals surface area contributed by atoms with Gasteiger partial charge in [-0.05, 0) is 56.1 Å². The first-order chi connectivity index (χ1) is 15.1. The van der Waals surface area contributed by atoms with Gasteiger partial charge in [0.05, 0.1) is 7.11 Å². The smallest absolute Gasteiger partial charge is 0.323 e. The zero-order chi connectivity index (χ0) is 21.6. The number of hydrogen-bond donors (Lipinski definition) is 0. The lowest BCUT2D eigenvalue weighted by molar-refractivity contribution is -0.148. The number of aromatic nitrogens is 1. The van der Waals surface area contributed by atoms with Gasteiger partial charge in [-0.2, -0.15) is 0 Å². The maximum absolute atomic E-state index is 12.1. The molecule has 162 valence electrons. The summed E-state index contributed by atoms with van der Waals surface area (Å²) >= 11 is 0. The number of likely N-dealkylation sites (tertiary alicyclic amines) is 1. The minimum absolute atomic E-state index is 0.141. The Bertz CT molecular complexity index is 998. The second kappa shape index (κ2) is 9.79. The predicted molar refractivity (Wildman–Crippen MR) is 118 cm³/mol. The van der Waals surface area contributed by atoms with Crippen LogP contribution in [0.15, 0.2) is 59.0 Å². The van der Waals surface area contributed by atoms with Gasteiger partial charge in [-0.15, -0.1) is 0 Å². The van der Waals surface area contributed by atoms with Gasteiger partial charge >= 0.3 is 5.97 Å². The highest BCUT2D eigenvalue weighted by Crippen LogP contribution is 2.24. The number of methoxy groups -OCH3 is 1. The van der Waals surface area contributed by atoms with E-state index in [0.717, 1.165) is 60.7 Å². The van der Waals surface area contributed by atoms with E-state index in [1.165, 1.54) is 7.11 Å². The van der Waals surface area contributed by atoms with Crippen LogP contribution in [0.1, 0.15) is 36.3 Å². The summed E-state index contributed by atoms with van der Waals surface area (Å²) in [6.07, 6.45) is 3.03. The van der Waals surface area contributed by atoms with Crippen LogP contribution in [0, 0.1) is 6.92 Å². The standard InChI is InChI=1S/C25H28N2O4/c1-18-22(26-24(31-18)20-8-4-3-5-9-20)17-30-21-13-11-19(12-14-21)16-27-15-7-6-10-23(27)25(28)29-2/h3-5,8-9,11-14,23H,6-7,10,15-17H2,1-2H3. The zero-order valence-corrected chi connectivity index (χ0v) is 18.0. The van der Waals surface area contributed by atoms with Crippen molar-refractivity contribution in [3.05, 3.63) is 71.6 Å². The molecule has 2 aromatic carbocycles. The molecular weight excluding hydrogens is 392 g/mol. The van der Waals surface area contributed by atoms with Gasteiger partial charge in [0, 0.05) is 12.1 Å². The third-order valence-electron chi connectivity index (χ3n) is 5.68. The molecule has 0 N–H and O–H groups in total. The van der Waals surface area contributed by atoms with Crippen LogP contribution in [0.25, 0.3) is 11.5 Å². The zero-order valence-electron chi connectivity index (χ0n) is 18.0. The highest BCUT2D eigenvalue weighted by Gasteiger charge is 2.29. The molecule has 4 rings (SSSR count). The Balaban J connectivity index is 1.36. The minimum atomic E-state index is -0.149. The average molecular weight is 421 g/mol. The topological polar surface area (TPSA) is 64.8 Å². The Morgan fingerprint density at radius 2 is 1.90 bits per heavy atom. The van der Waals surface area contributed by atoms with Gasteiger partial charge in [0.2, 0.25) is 5.89 Å². The summed E-state index contributed by atoms with van der Waals surface area (Å²) in [5.41, 5.74) is 2.88. The van der Waals surface area contributed by atoms with E-state index < -0.39 is 0 Å². The molecule has 1 unspecified atom stereocenters. The summed E-state index contributed by atoms with van der Waals surface area (Å²) in [7, 11) is 1.46. The van der Waals surface area contributed by atoms with E-state index >= 15 is 0 Å². The van der Waals surface area contributed by atoms with Gasteiger partial charge in [-0.3, -0.25) is 9.69 Å². The Morgan fingerprint density at radius 3 is 2.65 bits per heavy atom. The molecule has 2 heterocycles. The van der Waals surface area contributed by atoms with Crippen LogP contribution in [0.2, 0.25) is 0 Å². The number of carbonyl (C=O) groups is 1. The van der Waals surface area contributed by atoms with Crippen LogP contribution in [0.4, 0.5) is 0 Å². The Labute approximate surface area is 182 Å². The monoisotopic (exact) mass is 420 g/mol. The number of oxazole rings is 1. The van der Waals surface area contributed by atoms with Crippen LogP contribution in [0.5, 0.6) is 5.75 Å². The molecule has 0 amide bonds. The number of hydrogen-bond acceptors (Lipinski definition) is 6. The molecule has 1 aliphatic heterocycles. The summed E-state index contributed by atoms with van der Waals surface area (Å²) in [6, 6.07) is 17.7. The van der Waals surface area contributed by atoms with Crippen molar-refractivity contribution < 1.29 is 18.7 Å². The van der Waals surface area contributed by atoms with E-state index in [1.807, 2.05) is 61.5 Å². The molecule has 3 aromatic rings. The third kappa shape index (κ3) is 5.14. The number of esters is 1. The van der Waals surface area contributed by atoms with Gasteiger partial charge in [0.1, 0.15) is 29.9 Å². The first-order valence-electron chi connectivity index (χ1n) is 10.7. The van der Waals surface area contributed by atoms with Gasteiger partial charge in [-0.25, -0.2) is 4.98 Å². The Morgan fingerprint density at radius 1 is 1.13 bits per heavy atom. The largest absolute Gasteiger partial charge is 0.487 e. The van der Waals surface area contributed by atoms with E-state index in [4.69, 9.17) is 13.9 Å². The number of benzene rings is 2. The van der Waals surface area contributed by atoms with Crippen LogP contribution in [0.3, 0.4) is 0 Å². The van der Waals surface area contributed by atoms with Crippen molar-refractivity contribution >= 4 is 5.97 Å². The molecule has 1 saturated heterocycles. The van der Waals surface area contributed by atoms with E-state index in [-0.39, 0.29) is 12.0 Å². The summed E-state index contributed by atoms with van der Waals surface area (Å²) in [6.45, 7) is 3.88. The first kappa shape index (κ1) is 21.1. The molecule has 0 spiro atoms. The lowest BCUT2D eigenvalue weighted by Gasteiger charge is -2.33. The number of nitrogens with zero attached hydrogens (tertiary/aromatic N) is 2. The van der Waals surface area contributed by atoms with Crippen LogP contribution < -0.4 is 4.74 Å². The van der Waals surface area contributed by atoms with E-state index in [9.17, 15) is 4.79 Å². The molecular formula is C25H28N2O4. The fourth-order valence-electron chi connectivity index (χ4n) is 3.93. The molecule has 1 fully saturated rings. The Hall–Kier alpha value is -3.12. The van der Waals surface area contributed by atoms with Crippen molar-refractivity contribution in [3.63, 3.8) is 0 Å². The van der Waals surface area contributed by atoms with Crippen LogP contribution >= 0.6 is 0 Å². The van der Waals surface area contributed by atoms with Gasteiger partial charge in [-0.1, -0.05) is 36.8 Å².